The molecule has 11 heteroatoms. The van der Waals surface area contributed by atoms with Crippen LogP contribution < -0.4 is 10.5 Å². The first-order chi connectivity index (χ1) is 11.6. The van der Waals surface area contributed by atoms with Gasteiger partial charge in [0.25, 0.3) is 0 Å². The number of carbonyl (C=O) groups excluding carboxylic acids is 1. The fourth-order valence-corrected chi connectivity index (χ4v) is 7.55. The van der Waals surface area contributed by atoms with Crippen molar-refractivity contribution in [3.8, 4) is 0 Å². The van der Waals surface area contributed by atoms with Gasteiger partial charge in [0.2, 0.25) is 15.9 Å². The number of fused-ring (bicyclic) bond motifs is 1. The van der Waals surface area contributed by atoms with Crippen LogP contribution in [-0.4, -0.2) is 41.7 Å². The Morgan fingerprint density at radius 1 is 1.48 bits per heavy atom. The molecule has 8 nitrogen and oxygen atoms in total. The summed E-state index contributed by atoms with van der Waals surface area (Å²) >= 11 is 0.647. The second-order valence-corrected chi connectivity index (χ2v) is 11.1. The Bertz CT molecular complexity index is 844. The molecule has 1 amide bonds. The Balaban J connectivity index is 2.47. The van der Waals surface area contributed by atoms with Crippen molar-refractivity contribution in [1.29, 1.82) is 0 Å². The van der Waals surface area contributed by atoms with Crippen LogP contribution in [0.15, 0.2) is 14.5 Å². The fraction of sp³-hybridized carbons (Fsp3) is 0.643. The summed E-state index contributed by atoms with van der Waals surface area (Å²) in [6.45, 7) is 2.12. The summed E-state index contributed by atoms with van der Waals surface area (Å²) in [4.78, 5) is 11.8. The van der Waals surface area contributed by atoms with E-state index in [9.17, 15) is 21.6 Å². The lowest BCUT2D eigenvalue weighted by Gasteiger charge is -2.29. The van der Waals surface area contributed by atoms with E-state index in [4.69, 9.17) is 9.88 Å². The molecule has 0 saturated carbocycles. The Kier molecular flexibility index (Phi) is 6.26. The van der Waals surface area contributed by atoms with Gasteiger partial charge in [0.1, 0.15) is 8.42 Å². The van der Waals surface area contributed by atoms with Crippen molar-refractivity contribution in [3.05, 3.63) is 11.6 Å². The largest absolute Gasteiger partial charge is 0.385 e. The molecule has 0 saturated heterocycles. The molecule has 1 aliphatic rings. The van der Waals surface area contributed by atoms with E-state index in [1.54, 1.807) is 6.92 Å². The number of nitrogens with two attached hydrogens (primary N) is 1. The lowest BCUT2D eigenvalue weighted by Crippen LogP contribution is -2.37. The van der Waals surface area contributed by atoms with E-state index in [0.717, 1.165) is 0 Å². The van der Waals surface area contributed by atoms with Gasteiger partial charge < -0.3 is 10.1 Å². The van der Waals surface area contributed by atoms with Gasteiger partial charge in [-0.1, -0.05) is 6.92 Å². The molecule has 0 bridgehead atoms. The van der Waals surface area contributed by atoms with Gasteiger partial charge in [0.15, 0.2) is 9.84 Å². The molecule has 2 rings (SSSR count). The van der Waals surface area contributed by atoms with Gasteiger partial charge in [-0.3, -0.25) is 4.79 Å². The van der Waals surface area contributed by atoms with Crippen LogP contribution in [0.3, 0.4) is 0 Å². The fourth-order valence-electron chi connectivity index (χ4n) is 2.80. The third-order valence-electron chi connectivity index (χ3n) is 4.08. The van der Waals surface area contributed by atoms with E-state index in [1.807, 2.05) is 0 Å². The predicted octanol–water partition coefficient (Wildman–Crippen LogP) is 0.935. The zero-order chi connectivity index (χ0) is 18.8. The molecule has 2 unspecified atom stereocenters. The van der Waals surface area contributed by atoms with Crippen molar-refractivity contribution in [2.24, 2.45) is 5.14 Å². The molecule has 1 aliphatic heterocycles. The average molecular weight is 411 g/mol. The maximum Gasteiger partial charge on any atom is 0.247 e. The van der Waals surface area contributed by atoms with E-state index in [2.05, 4.69) is 5.32 Å². The van der Waals surface area contributed by atoms with Gasteiger partial charge in [-0.05, 0) is 25.3 Å². The number of carbonyl (C=O) groups is 1. The zero-order valence-electron chi connectivity index (χ0n) is 14.0. The van der Waals surface area contributed by atoms with Crippen molar-refractivity contribution in [3.63, 3.8) is 0 Å². The van der Waals surface area contributed by atoms with Crippen LogP contribution >= 0.6 is 11.3 Å². The minimum atomic E-state index is -4.02. The van der Waals surface area contributed by atoms with Crippen LogP contribution in [0, 0.1) is 0 Å². The minimum Gasteiger partial charge on any atom is -0.385 e. The Morgan fingerprint density at radius 2 is 2.16 bits per heavy atom. The SMILES string of the molecule is CCC(=O)NC1CC(CCCOC)S(=O)(=O)c2sc(S(N)(=O)=O)cc21. The summed E-state index contributed by atoms with van der Waals surface area (Å²) in [5, 5.41) is 7.23. The molecule has 0 spiro atoms. The third-order valence-corrected chi connectivity index (χ3v) is 9.46. The molecule has 25 heavy (non-hydrogen) atoms. The number of hydrogen-bond donors (Lipinski definition) is 2. The highest BCUT2D eigenvalue weighted by molar-refractivity contribution is 7.95. The first-order valence-electron chi connectivity index (χ1n) is 7.80. The summed E-state index contributed by atoms with van der Waals surface area (Å²) in [5.41, 5.74) is 0.304. The predicted molar refractivity (Wildman–Crippen MR) is 93.6 cm³/mol. The van der Waals surface area contributed by atoms with E-state index in [-0.39, 0.29) is 27.2 Å². The molecule has 2 atom stereocenters. The molecular formula is C14H22N2O6S3. The monoisotopic (exact) mass is 410 g/mol. The number of nitrogens with one attached hydrogen (secondary N) is 1. The van der Waals surface area contributed by atoms with Crippen molar-refractivity contribution >= 4 is 37.1 Å². The van der Waals surface area contributed by atoms with E-state index in [0.29, 0.717) is 36.3 Å². The van der Waals surface area contributed by atoms with Gasteiger partial charge >= 0.3 is 0 Å². The Labute approximate surface area is 151 Å². The van der Waals surface area contributed by atoms with Gasteiger partial charge in [-0.25, -0.2) is 22.0 Å². The highest BCUT2D eigenvalue weighted by Crippen LogP contribution is 2.43. The van der Waals surface area contributed by atoms with Crippen molar-refractivity contribution in [2.75, 3.05) is 13.7 Å². The standard InChI is InChI=1S/C14H22N2O6S3/c1-3-12(17)16-11-7-9(5-4-6-22-2)24(18,19)14-10(11)8-13(23-14)25(15,20)21/h8-9,11H,3-7H2,1-2H3,(H,16,17)(H2,15,20,21). The highest BCUT2D eigenvalue weighted by atomic mass is 32.3. The molecule has 0 aliphatic carbocycles. The van der Waals surface area contributed by atoms with Crippen LogP contribution in [0.25, 0.3) is 0 Å². The summed E-state index contributed by atoms with van der Waals surface area (Å²) in [6.07, 6.45) is 1.37. The number of ether oxygens (including phenoxy) is 1. The molecular weight excluding hydrogens is 388 g/mol. The van der Waals surface area contributed by atoms with Gasteiger partial charge in [0.05, 0.1) is 11.3 Å². The molecule has 0 fully saturated rings. The van der Waals surface area contributed by atoms with Crippen molar-refractivity contribution in [2.45, 2.75) is 52.3 Å². The molecule has 1 aromatic rings. The quantitative estimate of drug-likeness (QED) is 0.643. The van der Waals surface area contributed by atoms with Crippen LogP contribution in [0.1, 0.15) is 44.2 Å². The van der Waals surface area contributed by atoms with Crippen LogP contribution in [0.2, 0.25) is 0 Å². The number of sulfone groups is 1. The number of thiophene rings is 1. The normalized spacial score (nSPS) is 22.4. The first kappa shape index (κ1) is 20.3. The number of primary sulfonamides is 1. The molecule has 0 aromatic carbocycles. The van der Waals surface area contributed by atoms with Gasteiger partial charge in [-0.15, -0.1) is 11.3 Å². The van der Waals surface area contributed by atoms with E-state index in [1.165, 1.54) is 13.2 Å². The smallest absolute Gasteiger partial charge is 0.247 e. The number of methoxy groups -OCH3 is 1. The average Bonchev–Trinajstić information content (AvgIpc) is 2.98. The topological polar surface area (TPSA) is 133 Å². The lowest BCUT2D eigenvalue weighted by molar-refractivity contribution is -0.121. The number of amides is 1. The lowest BCUT2D eigenvalue weighted by atomic mass is 10.0. The third kappa shape index (κ3) is 4.40. The summed E-state index contributed by atoms with van der Waals surface area (Å²) < 4.78 is 53.7. The zero-order valence-corrected chi connectivity index (χ0v) is 16.5. The molecule has 3 N–H and O–H groups in total. The second-order valence-electron chi connectivity index (χ2n) is 5.86. The Hall–Kier alpha value is -1.01. The maximum atomic E-state index is 12.9. The maximum absolute atomic E-state index is 12.9. The summed E-state index contributed by atoms with van der Waals surface area (Å²) in [5.74, 6) is -0.228. The number of hydrogen-bond acceptors (Lipinski definition) is 7. The second kappa shape index (κ2) is 7.70. The molecule has 142 valence electrons. The first-order valence-corrected chi connectivity index (χ1v) is 11.7. The number of rotatable bonds is 7. The van der Waals surface area contributed by atoms with Crippen LogP contribution in [-0.2, 0) is 29.4 Å². The van der Waals surface area contributed by atoms with Crippen LogP contribution in [0.4, 0.5) is 0 Å². The molecule has 0 radical (unpaired) electrons. The Morgan fingerprint density at radius 3 is 2.72 bits per heavy atom. The van der Waals surface area contributed by atoms with E-state index < -0.39 is 31.2 Å². The molecule has 1 aromatic heterocycles. The minimum absolute atomic E-state index is 0.0217. The van der Waals surface area contributed by atoms with Crippen molar-refractivity contribution < 1.29 is 26.4 Å². The number of sulfonamides is 1. The summed E-state index contributed by atoms with van der Waals surface area (Å²) in [6, 6.07) is 0.712. The van der Waals surface area contributed by atoms with Gasteiger partial charge in [0, 0.05) is 25.7 Å². The highest BCUT2D eigenvalue weighted by Gasteiger charge is 2.41. The molecule has 2 heterocycles. The van der Waals surface area contributed by atoms with Crippen molar-refractivity contribution in [1.82, 2.24) is 5.32 Å². The van der Waals surface area contributed by atoms with E-state index >= 15 is 0 Å². The van der Waals surface area contributed by atoms with Gasteiger partial charge in [-0.2, -0.15) is 0 Å². The summed E-state index contributed by atoms with van der Waals surface area (Å²) in [7, 11) is -6.17. The van der Waals surface area contributed by atoms with Crippen LogP contribution in [0.5, 0.6) is 0 Å².